The van der Waals surface area contributed by atoms with E-state index in [1.165, 1.54) is 4.88 Å². The fourth-order valence-corrected chi connectivity index (χ4v) is 2.69. The van der Waals surface area contributed by atoms with Crippen LogP contribution in [0.5, 0.6) is 0 Å². The van der Waals surface area contributed by atoms with Crippen molar-refractivity contribution in [2.45, 2.75) is 33.6 Å². The Morgan fingerprint density at radius 3 is 2.62 bits per heavy atom. The Labute approximate surface area is 101 Å². The molecule has 90 valence electrons. The molecule has 3 nitrogen and oxygen atoms in total. The standard InChI is InChI=1S/C12H20N2OS/c1-9-10(2)16-11(14-9)13-8-12(3)4-6-15-7-5-12/h4-8H2,1-3H3,(H,13,14). The van der Waals surface area contributed by atoms with Crippen LogP contribution in [0.3, 0.4) is 0 Å². The smallest absolute Gasteiger partial charge is 0.183 e. The first-order valence-corrected chi connectivity index (χ1v) is 6.66. The number of anilines is 1. The minimum atomic E-state index is 0.367. The number of aryl methyl sites for hydroxylation is 2. The molecule has 1 fully saturated rings. The first-order chi connectivity index (χ1) is 7.59. The van der Waals surface area contributed by atoms with Crippen LogP contribution in [0, 0.1) is 19.3 Å². The van der Waals surface area contributed by atoms with Crippen LogP contribution >= 0.6 is 11.3 Å². The van der Waals surface area contributed by atoms with Gasteiger partial charge in [0.15, 0.2) is 5.13 Å². The minimum absolute atomic E-state index is 0.367. The molecule has 0 unspecified atom stereocenters. The summed E-state index contributed by atoms with van der Waals surface area (Å²) < 4.78 is 5.40. The zero-order valence-corrected chi connectivity index (χ0v) is 11.1. The highest BCUT2D eigenvalue weighted by molar-refractivity contribution is 7.15. The first kappa shape index (κ1) is 11.9. The van der Waals surface area contributed by atoms with Gasteiger partial charge in [-0.15, -0.1) is 11.3 Å². The van der Waals surface area contributed by atoms with Gasteiger partial charge >= 0.3 is 0 Å². The van der Waals surface area contributed by atoms with Crippen molar-refractivity contribution in [2.24, 2.45) is 5.41 Å². The van der Waals surface area contributed by atoms with Crippen LogP contribution in [0.1, 0.15) is 30.3 Å². The summed E-state index contributed by atoms with van der Waals surface area (Å²) in [5.74, 6) is 0. The van der Waals surface area contributed by atoms with Crippen molar-refractivity contribution in [1.82, 2.24) is 4.98 Å². The van der Waals surface area contributed by atoms with E-state index in [9.17, 15) is 0 Å². The van der Waals surface area contributed by atoms with E-state index in [2.05, 4.69) is 31.1 Å². The van der Waals surface area contributed by atoms with E-state index < -0.39 is 0 Å². The summed E-state index contributed by atoms with van der Waals surface area (Å²) in [5, 5.41) is 4.53. The Morgan fingerprint density at radius 1 is 1.38 bits per heavy atom. The Bertz CT molecular complexity index is 336. The average molecular weight is 240 g/mol. The molecule has 2 rings (SSSR count). The van der Waals surface area contributed by atoms with E-state index in [0.29, 0.717) is 5.41 Å². The van der Waals surface area contributed by atoms with Gasteiger partial charge in [0.05, 0.1) is 5.69 Å². The summed E-state index contributed by atoms with van der Waals surface area (Å²) in [7, 11) is 0. The molecule has 1 aromatic rings. The molecule has 0 spiro atoms. The molecule has 1 aromatic heterocycles. The van der Waals surface area contributed by atoms with Gasteiger partial charge in [0, 0.05) is 24.6 Å². The van der Waals surface area contributed by atoms with Crippen molar-refractivity contribution in [2.75, 3.05) is 25.1 Å². The fraction of sp³-hybridized carbons (Fsp3) is 0.750. The van der Waals surface area contributed by atoms with E-state index >= 15 is 0 Å². The highest BCUT2D eigenvalue weighted by Gasteiger charge is 2.27. The second kappa shape index (κ2) is 4.72. The highest BCUT2D eigenvalue weighted by atomic mass is 32.1. The third kappa shape index (κ3) is 2.74. The number of nitrogens with zero attached hydrogens (tertiary/aromatic N) is 1. The third-order valence-electron chi connectivity index (χ3n) is 3.39. The second-order valence-electron chi connectivity index (χ2n) is 4.94. The predicted octanol–water partition coefficient (Wildman–Crippen LogP) is 2.99. The molecular formula is C12H20N2OS. The van der Waals surface area contributed by atoms with Crippen molar-refractivity contribution in [1.29, 1.82) is 0 Å². The molecule has 0 atom stereocenters. The first-order valence-electron chi connectivity index (χ1n) is 5.85. The number of rotatable bonds is 3. The molecule has 0 radical (unpaired) electrons. The van der Waals surface area contributed by atoms with Crippen molar-refractivity contribution in [3.05, 3.63) is 10.6 Å². The van der Waals surface area contributed by atoms with Gasteiger partial charge in [0.1, 0.15) is 0 Å². The van der Waals surface area contributed by atoms with Crippen LogP contribution in [0.15, 0.2) is 0 Å². The van der Waals surface area contributed by atoms with Gasteiger partial charge in [-0.3, -0.25) is 0 Å². The summed E-state index contributed by atoms with van der Waals surface area (Å²) >= 11 is 1.75. The van der Waals surface area contributed by atoms with Crippen LogP contribution in [-0.2, 0) is 4.74 Å². The lowest BCUT2D eigenvalue weighted by Gasteiger charge is -2.33. The summed E-state index contributed by atoms with van der Waals surface area (Å²) in [6.45, 7) is 9.31. The van der Waals surface area contributed by atoms with Gasteiger partial charge in [0.25, 0.3) is 0 Å². The minimum Gasteiger partial charge on any atom is -0.381 e. The second-order valence-corrected chi connectivity index (χ2v) is 6.14. The molecule has 0 aliphatic carbocycles. The van der Waals surface area contributed by atoms with Crippen LogP contribution in [0.2, 0.25) is 0 Å². The van der Waals surface area contributed by atoms with Crippen LogP contribution in [-0.4, -0.2) is 24.7 Å². The van der Waals surface area contributed by atoms with Gasteiger partial charge < -0.3 is 10.1 Å². The summed E-state index contributed by atoms with van der Waals surface area (Å²) in [4.78, 5) is 5.81. The molecule has 1 aliphatic heterocycles. The Morgan fingerprint density at radius 2 is 2.06 bits per heavy atom. The Kier molecular flexibility index (Phi) is 3.50. The molecule has 0 saturated carbocycles. The summed E-state index contributed by atoms with van der Waals surface area (Å²) in [5.41, 5.74) is 1.51. The molecule has 0 bridgehead atoms. The average Bonchev–Trinajstić information content (AvgIpc) is 2.57. The molecule has 16 heavy (non-hydrogen) atoms. The predicted molar refractivity (Wildman–Crippen MR) is 68.2 cm³/mol. The lowest BCUT2D eigenvalue weighted by molar-refractivity contribution is 0.0300. The number of ether oxygens (including phenoxy) is 1. The maximum Gasteiger partial charge on any atom is 0.183 e. The molecule has 2 heterocycles. The summed E-state index contributed by atoms with van der Waals surface area (Å²) in [6, 6.07) is 0. The largest absolute Gasteiger partial charge is 0.381 e. The third-order valence-corrected chi connectivity index (χ3v) is 4.43. The van der Waals surface area contributed by atoms with Crippen molar-refractivity contribution < 1.29 is 4.74 Å². The van der Waals surface area contributed by atoms with Gasteiger partial charge in [-0.1, -0.05) is 6.92 Å². The fourth-order valence-electron chi connectivity index (χ4n) is 1.88. The normalized spacial score (nSPS) is 19.7. The monoisotopic (exact) mass is 240 g/mol. The SMILES string of the molecule is Cc1nc(NCC2(C)CCOCC2)sc1C. The molecular weight excluding hydrogens is 220 g/mol. The molecule has 1 saturated heterocycles. The highest BCUT2D eigenvalue weighted by Crippen LogP contribution is 2.31. The molecule has 4 heteroatoms. The van der Waals surface area contributed by atoms with E-state index in [1.807, 2.05) is 0 Å². The van der Waals surface area contributed by atoms with E-state index in [1.54, 1.807) is 11.3 Å². The van der Waals surface area contributed by atoms with E-state index in [0.717, 1.165) is 43.4 Å². The zero-order valence-electron chi connectivity index (χ0n) is 10.3. The number of thiazole rings is 1. The van der Waals surface area contributed by atoms with E-state index in [4.69, 9.17) is 4.74 Å². The maximum atomic E-state index is 5.40. The topological polar surface area (TPSA) is 34.2 Å². The van der Waals surface area contributed by atoms with Crippen LogP contribution in [0.25, 0.3) is 0 Å². The maximum absolute atomic E-state index is 5.40. The number of hydrogen-bond acceptors (Lipinski definition) is 4. The molecule has 1 aliphatic rings. The number of aromatic nitrogens is 1. The molecule has 0 amide bonds. The van der Waals surface area contributed by atoms with Crippen molar-refractivity contribution in [3.63, 3.8) is 0 Å². The number of hydrogen-bond donors (Lipinski definition) is 1. The lowest BCUT2D eigenvalue weighted by Crippen LogP contribution is -2.33. The van der Waals surface area contributed by atoms with Crippen LogP contribution in [0.4, 0.5) is 5.13 Å². The van der Waals surface area contributed by atoms with Crippen molar-refractivity contribution >= 4 is 16.5 Å². The summed E-state index contributed by atoms with van der Waals surface area (Å²) in [6.07, 6.45) is 2.28. The molecule has 0 aromatic carbocycles. The van der Waals surface area contributed by atoms with E-state index in [-0.39, 0.29) is 0 Å². The van der Waals surface area contributed by atoms with Gasteiger partial charge in [-0.05, 0) is 32.1 Å². The van der Waals surface area contributed by atoms with Gasteiger partial charge in [0.2, 0.25) is 0 Å². The van der Waals surface area contributed by atoms with Crippen molar-refractivity contribution in [3.8, 4) is 0 Å². The Balaban J connectivity index is 1.91. The van der Waals surface area contributed by atoms with Gasteiger partial charge in [-0.25, -0.2) is 4.98 Å². The molecule has 1 N–H and O–H groups in total. The van der Waals surface area contributed by atoms with Crippen LogP contribution < -0.4 is 5.32 Å². The number of nitrogens with one attached hydrogen (secondary N) is 1. The quantitative estimate of drug-likeness (QED) is 0.882. The zero-order chi connectivity index (χ0) is 11.6. The van der Waals surface area contributed by atoms with Gasteiger partial charge in [-0.2, -0.15) is 0 Å². The Hall–Kier alpha value is -0.610. The lowest BCUT2D eigenvalue weighted by atomic mass is 9.82.